The van der Waals surface area contributed by atoms with Gasteiger partial charge in [0.25, 0.3) is 0 Å². The molecule has 0 bridgehead atoms. The molecule has 1 aromatic heterocycles. The molecule has 1 amide bonds. The van der Waals surface area contributed by atoms with E-state index in [2.05, 4.69) is 15.3 Å². The number of amides is 1. The van der Waals surface area contributed by atoms with Crippen molar-refractivity contribution in [1.29, 1.82) is 0 Å². The van der Waals surface area contributed by atoms with Crippen molar-refractivity contribution in [3.63, 3.8) is 0 Å². The maximum absolute atomic E-state index is 13.5. The number of methoxy groups -OCH3 is 1. The highest BCUT2D eigenvalue weighted by Gasteiger charge is 2.39. The van der Waals surface area contributed by atoms with Crippen molar-refractivity contribution >= 4 is 5.91 Å². The summed E-state index contributed by atoms with van der Waals surface area (Å²) in [6.45, 7) is 2.54. The molecular weight excluding hydrogens is 409 g/mol. The van der Waals surface area contributed by atoms with Crippen LogP contribution in [0.5, 0.6) is 5.75 Å². The van der Waals surface area contributed by atoms with Crippen LogP contribution >= 0.6 is 0 Å². The Balaban J connectivity index is 1.31. The Morgan fingerprint density at radius 3 is 2.66 bits per heavy atom. The number of carbonyl (C=O) groups is 1. The number of hydrogen-bond acceptors (Lipinski definition) is 5. The van der Waals surface area contributed by atoms with Crippen LogP contribution < -0.4 is 10.1 Å². The van der Waals surface area contributed by atoms with E-state index in [9.17, 15) is 9.18 Å². The highest BCUT2D eigenvalue weighted by molar-refractivity contribution is 5.77. The third kappa shape index (κ3) is 4.23. The number of nitrogens with one attached hydrogen (secondary N) is 1. The number of fused-ring (bicyclic) bond motifs is 1. The van der Waals surface area contributed by atoms with Crippen molar-refractivity contribution in [2.75, 3.05) is 20.2 Å². The molecule has 7 nitrogen and oxygen atoms in total. The van der Waals surface area contributed by atoms with Crippen molar-refractivity contribution in [3.8, 4) is 17.1 Å². The summed E-state index contributed by atoms with van der Waals surface area (Å²) >= 11 is 0. The molecule has 2 aliphatic rings. The summed E-state index contributed by atoms with van der Waals surface area (Å²) in [5.41, 5.74) is 1.54. The molecule has 0 radical (unpaired) electrons. The lowest BCUT2D eigenvalue weighted by Gasteiger charge is -2.41. The number of rotatable bonds is 4. The van der Waals surface area contributed by atoms with Gasteiger partial charge in [-0.15, -0.1) is 0 Å². The standard InChI is InChI=1S/C24H26FN5O2/c1-32-20-7-5-18(6-8-20)23-26-21-14-24(27-22(31)16-30(21)28-23)9-11-29(12-10-24)15-17-3-2-4-19(25)13-17/h2-8,13H,9-12,14-16H2,1H3,(H,27,31). The van der Waals surface area contributed by atoms with Crippen LogP contribution in [0.1, 0.15) is 24.2 Å². The third-order valence-electron chi connectivity index (χ3n) is 6.40. The van der Waals surface area contributed by atoms with Crippen LogP contribution in [-0.2, 0) is 24.3 Å². The molecular formula is C24H26FN5O2. The Morgan fingerprint density at radius 1 is 1.16 bits per heavy atom. The topological polar surface area (TPSA) is 72.3 Å². The van der Waals surface area contributed by atoms with Gasteiger partial charge in [0.05, 0.1) is 7.11 Å². The van der Waals surface area contributed by atoms with E-state index >= 15 is 0 Å². The second kappa shape index (κ2) is 8.35. The highest BCUT2D eigenvalue weighted by Crippen LogP contribution is 2.30. The zero-order valence-electron chi connectivity index (χ0n) is 18.1. The lowest BCUT2D eigenvalue weighted by Crippen LogP contribution is -2.56. The number of carbonyl (C=O) groups excluding carboxylic acids is 1. The Hall–Kier alpha value is -3.26. The van der Waals surface area contributed by atoms with Gasteiger partial charge in [-0.25, -0.2) is 14.1 Å². The molecule has 0 unspecified atom stereocenters. The number of nitrogens with zero attached hydrogens (tertiary/aromatic N) is 4. The van der Waals surface area contributed by atoms with Gasteiger partial charge < -0.3 is 10.1 Å². The van der Waals surface area contributed by atoms with E-state index in [0.717, 1.165) is 48.6 Å². The first-order valence-electron chi connectivity index (χ1n) is 10.9. The summed E-state index contributed by atoms with van der Waals surface area (Å²) < 4.78 is 20.5. The van der Waals surface area contributed by atoms with Gasteiger partial charge in [0.1, 0.15) is 23.9 Å². The maximum Gasteiger partial charge on any atom is 0.242 e. The maximum atomic E-state index is 13.5. The molecule has 0 aliphatic carbocycles. The summed E-state index contributed by atoms with van der Waals surface area (Å²) in [6, 6.07) is 14.4. The van der Waals surface area contributed by atoms with Crippen LogP contribution in [0.4, 0.5) is 4.39 Å². The van der Waals surface area contributed by atoms with Crippen LogP contribution in [0.2, 0.25) is 0 Å². The van der Waals surface area contributed by atoms with Crippen molar-refractivity contribution in [1.82, 2.24) is 25.0 Å². The van der Waals surface area contributed by atoms with Gasteiger partial charge in [-0.05, 0) is 54.8 Å². The minimum absolute atomic E-state index is 0.0338. The molecule has 32 heavy (non-hydrogen) atoms. The molecule has 0 atom stereocenters. The Kier molecular flexibility index (Phi) is 5.38. The van der Waals surface area contributed by atoms with Gasteiger partial charge in [-0.2, -0.15) is 5.10 Å². The smallest absolute Gasteiger partial charge is 0.242 e. The summed E-state index contributed by atoms with van der Waals surface area (Å²) in [7, 11) is 1.63. The average Bonchev–Trinajstić information content (AvgIpc) is 3.11. The Morgan fingerprint density at radius 2 is 1.94 bits per heavy atom. The highest BCUT2D eigenvalue weighted by atomic mass is 19.1. The fourth-order valence-electron chi connectivity index (χ4n) is 4.65. The minimum atomic E-state index is -0.325. The predicted molar refractivity (Wildman–Crippen MR) is 117 cm³/mol. The van der Waals surface area contributed by atoms with Crippen LogP contribution in [0, 0.1) is 5.82 Å². The zero-order valence-corrected chi connectivity index (χ0v) is 18.1. The van der Waals surface area contributed by atoms with Crippen molar-refractivity contribution in [2.24, 2.45) is 0 Å². The predicted octanol–water partition coefficient (Wildman–Crippen LogP) is 2.80. The third-order valence-corrected chi connectivity index (χ3v) is 6.40. The monoisotopic (exact) mass is 435 g/mol. The zero-order chi connectivity index (χ0) is 22.1. The van der Waals surface area contributed by atoms with Crippen LogP contribution in [0.25, 0.3) is 11.4 Å². The van der Waals surface area contributed by atoms with E-state index in [1.807, 2.05) is 30.3 Å². The number of ether oxygens (including phenoxy) is 1. The van der Waals surface area contributed by atoms with E-state index in [0.29, 0.717) is 18.8 Å². The molecule has 5 rings (SSSR count). The summed E-state index contributed by atoms with van der Waals surface area (Å²) in [5.74, 6) is 1.98. The molecule has 1 N–H and O–H groups in total. The molecule has 8 heteroatoms. The number of benzene rings is 2. The van der Waals surface area contributed by atoms with E-state index < -0.39 is 0 Å². The van der Waals surface area contributed by atoms with Crippen LogP contribution in [0.3, 0.4) is 0 Å². The fraction of sp³-hybridized carbons (Fsp3) is 0.375. The molecule has 1 fully saturated rings. The molecule has 3 aromatic rings. The van der Waals surface area contributed by atoms with Crippen LogP contribution in [0.15, 0.2) is 48.5 Å². The molecule has 1 spiro atoms. The first kappa shape index (κ1) is 20.6. The first-order chi connectivity index (χ1) is 15.5. The SMILES string of the molecule is COc1ccc(-c2nc3n(n2)CC(=O)NC2(CCN(Cc4cccc(F)c4)CC2)C3)cc1. The molecule has 2 aromatic carbocycles. The minimum Gasteiger partial charge on any atom is -0.497 e. The Labute approximate surface area is 186 Å². The lowest BCUT2D eigenvalue weighted by atomic mass is 9.84. The summed E-state index contributed by atoms with van der Waals surface area (Å²) in [4.78, 5) is 19.8. The van der Waals surface area contributed by atoms with E-state index in [1.54, 1.807) is 23.9 Å². The van der Waals surface area contributed by atoms with Crippen molar-refractivity contribution < 1.29 is 13.9 Å². The van der Waals surface area contributed by atoms with Gasteiger partial charge in [-0.3, -0.25) is 9.69 Å². The number of aromatic nitrogens is 3. The molecule has 0 saturated carbocycles. The van der Waals surface area contributed by atoms with Crippen molar-refractivity contribution in [3.05, 3.63) is 65.7 Å². The van der Waals surface area contributed by atoms with Gasteiger partial charge in [0, 0.05) is 37.2 Å². The fourth-order valence-corrected chi connectivity index (χ4v) is 4.65. The van der Waals surface area contributed by atoms with E-state index in [1.165, 1.54) is 6.07 Å². The quantitative estimate of drug-likeness (QED) is 0.682. The second-order valence-corrected chi connectivity index (χ2v) is 8.65. The van der Waals surface area contributed by atoms with Gasteiger partial charge >= 0.3 is 0 Å². The molecule has 166 valence electrons. The Bertz CT molecular complexity index is 1120. The van der Waals surface area contributed by atoms with Gasteiger partial charge in [0.15, 0.2) is 5.82 Å². The van der Waals surface area contributed by atoms with Gasteiger partial charge in [-0.1, -0.05) is 12.1 Å². The summed E-state index contributed by atoms with van der Waals surface area (Å²) in [5, 5.41) is 7.85. The van der Waals surface area contributed by atoms with Crippen LogP contribution in [-0.4, -0.2) is 51.3 Å². The normalized spacial score (nSPS) is 18.1. The lowest BCUT2D eigenvalue weighted by molar-refractivity contribution is -0.123. The number of halogens is 1. The molecule has 1 saturated heterocycles. The summed E-state index contributed by atoms with van der Waals surface area (Å²) in [6.07, 6.45) is 2.28. The number of hydrogen-bond donors (Lipinski definition) is 1. The second-order valence-electron chi connectivity index (χ2n) is 8.65. The number of piperidine rings is 1. The number of likely N-dealkylation sites (tertiary alicyclic amines) is 1. The van der Waals surface area contributed by atoms with E-state index in [4.69, 9.17) is 9.72 Å². The largest absolute Gasteiger partial charge is 0.497 e. The molecule has 3 heterocycles. The average molecular weight is 436 g/mol. The first-order valence-corrected chi connectivity index (χ1v) is 10.9. The van der Waals surface area contributed by atoms with Crippen molar-refractivity contribution in [2.45, 2.75) is 37.9 Å². The molecule has 2 aliphatic heterocycles. The van der Waals surface area contributed by atoms with Gasteiger partial charge in [0.2, 0.25) is 5.91 Å². The van der Waals surface area contributed by atoms with E-state index in [-0.39, 0.29) is 23.8 Å².